The first-order valence-electron chi connectivity index (χ1n) is 0.154. The van der Waals surface area contributed by atoms with Crippen molar-refractivity contribution in [3.05, 3.63) is 0 Å². The summed E-state index contributed by atoms with van der Waals surface area (Å²) >= 11 is 1.69. The van der Waals surface area contributed by atoms with Crippen molar-refractivity contribution in [3.63, 3.8) is 0 Å². The molecule has 0 aromatic heterocycles. The predicted octanol–water partition coefficient (Wildman–Crippen LogP) is -0.124. The van der Waals surface area contributed by atoms with Crippen molar-refractivity contribution >= 4 is 0 Å². The summed E-state index contributed by atoms with van der Waals surface area (Å²) < 4.78 is 8.06. The van der Waals surface area contributed by atoms with Crippen LogP contribution < -0.4 is 0 Å². The van der Waals surface area contributed by atoms with Crippen LogP contribution in [0.15, 0.2) is 0 Å². The molecule has 0 N–H and O–H groups in total. The van der Waals surface area contributed by atoms with Crippen LogP contribution >= 0.6 is 0 Å². The van der Waals surface area contributed by atoms with Crippen molar-refractivity contribution in [2.75, 3.05) is 0 Å². The third-order valence-electron chi connectivity index (χ3n) is 0. The molecular weight excluding hydrogens is 275 g/mol. The first-order valence-corrected chi connectivity index (χ1v) is 0.636. The van der Waals surface area contributed by atoms with E-state index in [9.17, 15) is 0 Å². The zero-order valence-corrected chi connectivity index (χ0v) is 6.85. The van der Waals surface area contributed by atoms with E-state index in [-0.39, 0.29) is 58.8 Å². The first kappa shape index (κ1) is 16.4. The second kappa shape index (κ2) is 18.9. The third kappa shape index (κ3) is 8.88. The molecule has 0 aliphatic heterocycles. The zero-order chi connectivity index (χ0) is 2.00. The summed E-state index contributed by atoms with van der Waals surface area (Å²) in [5.41, 5.74) is 0. The second-order valence-electron chi connectivity index (χ2n) is 0. The quantitative estimate of drug-likeness (QED) is 0.563. The maximum absolute atomic E-state index is 8.06. The molecule has 0 amide bonds. The number of rotatable bonds is 0. The van der Waals surface area contributed by atoms with Crippen molar-refractivity contribution < 1.29 is 78.6 Å². The molecule has 0 aromatic carbocycles. The molecule has 0 heterocycles. The van der Waals surface area contributed by atoms with Gasteiger partial charge in [-0.25, -0.2) is 0 Å². The van der Waals surface area contributed by atoms with Crippen LogP contribution in [-0.2, 0) is 36.8 Å². The first-order chi connectivity index (χ1) is 1.00. The van der Waals surface area contributed by atoms with Gasteiger partial charge in [0, 0.05) is 58.8 Å². The van der Waals surface area contributed by atoms with Crippen LogP contribution in [0.2, 0.25) is 0 Å². The monoisotopic (exact) mass is 274 g/mol. The SMILES string of the molecule is [Ce].[Cu].[O]=[Mn]. The average Bonchev–Trinajstić information content (AvgIpc) is 1.00. The van der Waals surface area contributed by atoms with E-state index < -0.39 is 0 Å². The van der Waals surface area contributed by atoms with E-state index in [0.717, 1.165) is 0 Å². The Morgan fingerprint density at radius 2 is 1.25 bits per heavy atom. The van der Waals surface area contributed by atoms with Gasteiger partial charge in [0.2, 0.25) is 0 Å². The third-order valence-corrected chi connectivity index (χ3v) is 0. The fourth-order valence-corrected chi connectivity index (χ4v) is 0. The molecule has 0 rings (SSSR count). The van der Waals surface area contributed by atoms with Crippen LogP contribution in [-0.4, -0.2) is 0 Å². The van der Waals surface area contributed by atoms with Gasteiger partial charge in [-0.15, -0.1) is 0 Å². The van der Waals surface area contributed by atoms with E-state index in [4.69, 9.17) is 3.83 Å². The van der Waals surface area contributed by atoms with Gasteiger partial charge in [-0.2, -0.15) is 0 Å². The standard InChI is InChI=1S/Ce.Cu.Mn.O. The van der Waals surface area contributed by atoms with E-state index in [0.29, 0.717) is 0 Å². The minimum absolute atomic E-state index is 0. The minimum atomic E-state index is 0. The average molecular weight is 275 g/mol. The Bertz CT molecular complexity index is 8.00. The van der Waals surface area contributed by atoms with Gasteiger partial charge in [-0.3, -0.25) is 0 Å². The summed E-state index contributed by atoms with van der Waals surface area (Å²) in [6.07, 6.45) is 0. The Morgan fingerprint density at radius 1 is 1.25 bits per heavy atom. The van der Waals surface area contributed by atoms with Crippen molar-refractivity contribution in [2.24, 2.45) is 0 Å². The Hall–Kier alpha value is 2.22. The zero-order valence-electron chi connectivity index (χ0n) is 1.59. The summed E-state index contributed by atoms with van der Waals surface area (Å²) in [7, 11) is 0. The normalized spacial score (nSPS) is 1.00. The van der Waals surface area contributed by atoms with Gasteiger partial charge in [0.15, 0.2) is 0 Å². The molecule has 0 aliphatic rings. The van der Waals surface area contributed by atoms with Crippen molar-refractivity contribution in [1.29, 1.82) is 0 Å². The molecule has 0 atom stereocenters. The summed E-state index contributed by atoms with van der Waals surface area (Å²) in [4.78, 5) is 0. The van der Waals surface area contributed by atoms with Crippen LogP contribution in [0.4, 0.5) is 0 Å². The number of hydrogen-bond donors (Lipinski definition) is 0. The molecule has 0 saturated heterocycles. The molecule has 0 spiro atoms. The van der Waals surface area contributed by atoms with Gasteiger partial charge in [0.1, 0.15) is 0 Å². The van der Waals surface area contributed by atoms with Gasteiger partial charge < -0.3 is 0 Å². The van der Waals surface area contributed by atoms with Gasteiger partial charge in [-0.1, -0.05) is 0 Å². The molecule has 0 saturated carbocycles. The molecule has 4 heteroatoms. The number of hydrogen-bond acceptors (Lipinski definition) is 1. The summed E-state index contributed by atoms with van der Waals surface area (Å²) in [5, 5.41) is 0. The molecule has 0 aromatic rings. The van der Waals surface area contributed by atoms with Crippen molar-refractivity contribution in [2.45, 2.75) is 0 Å². The molecule has 0 fully saturated rings. The molecule has 1 nitrogen and oxygen atoms in total. The van der Waals surface area contributed by atoms with E-state index in [1.54, 1.807) is 15.9 Å². The van der Waals surface area contributed by atoms with Crippen LogP contribution in [0.25, 0.3) is 0 Å². The van der Waals surface area contributed by atoms with E-state index in [1.165, 1.54) is 0 Å². The fraction of sp³-hybridized carbons (Fsp3) is 0. The molecule has 0 unspecified atom stereocenters. The molecule has 0 aliphatic carbocycles. The maximum atomic E-state index is 8.06. The van der Waals surface area contributed by atoms with Crippen LogP contribution in [0.5, 0.6) is 0 Å². The van der Waals surface area contributed by atoms with Gasteiger partial charge in [0.25, 0.3) is 0 Å². The Morgan fingerprint density at radius 3 is 1.25 bits per heavy atom. The molecule has 4 heavy (non-hydrogen) atoms. The van der Waals surface area contributed by atoms with E-state index >= 15 is 0 Å². The molecule has 0 bridgehead atoms. The summed E-state index contributed by atoms with van der Waals surface area (Å²) in [6, 6.07) is 0. The molecule has 1 radical (unpaired) electrons. The second-order valence-corrected chi connectivity index (χ2v) is 0. The Balaban J connectivity index is -0.00000000500. The Kier molecular flexibility index (Phi) is 77.2. The predicted molar refractivity (Wildman–Crippen MR) is 0.686 cm³/mol. The van der Waals surface area contributed by atoms with Gasteiger partial charge in [-0.05, 0) is 0 Å². The van der Waals surface area contributed by atoms with E-state index in [1.807, 2.05) is 0 Å². The van der Waals surface area contributed by atoms with Gasteiger partial charge >= 0.3 is 19.8 Å². The van der Waals surface area contributed by atoms with E-state index in [2.05, 4.69) is 0 Å². The fourth-order valence-electron chi connectivity index (χ4n) is 0. The van der Waals surface area contributed by atoms with Crippen LogP contribution in [0.1, 0.15) is 0 Å². The van der Waals surface area contributed by atoms with Crippen LogP contribution in [0, 0.1) is 41.7 Å². The Labute approximate surface area is 77.2 Å². The molecule has 28 valence electrons. The molecular formula is CeCuMnO. The topological polar surface area (TPSA) is 17.1 Å². The van der Waals surface area contributed by atoms with Crippen molar-refractivity contribution in [1.82, 2.24) is 0 Å². The van der Waals surface area contributed by atoms with Crippen LogP contribution in [0.3, 0.4) is 0 Å². The van der Waals surface area contributed by atoms with Gasteiger partial charge in [0.05, 0.1) is 0 Å². The summed E-state index contributed by atoms with van der Waals surface area (Å²) in [5.74, 6) is 0. The van der Waals surface area contributed by atoms with Crippen molar-refractivity contribution in [3.8, 4) is 0 Å². The summed E-state index contributed by atoms with van der Waals surface area (Å²) in [6.45, 7) is 0.